The second-order valence-corrected chi connectivity index (χ2v) is 5.61. The van der Waals surface area contributed by atoms with Gasteiger partial charge in [-0.05, 0) is 37.1 Å². The molecule has 1 aromatic carbocycles. The van der Waals surface area contributed by atoms with Crippen LogP contribution in [0.1, 0.15) is 12.8 Å². The molecule has 0 bridgehead atoms. The number of nitrogens with zero attached hydrogens (tertiary/aromatic N) is 2. The van der Waals surface area contributed by atoms with Gasteiger partial charge in [-0.2, -0.15) is 0 Å². The molecule has 110 valence electrons. The lowest BCUT2D eigenvalue weighted by atomic mass is 10.2. The minimum absolute atomic E-state index is 0.148. The quantitative estimate of drug-likeness (QED) is 0.938. The van der Waals surface area contributed by atoms with E-state index in [-0.39, 0.29) is 12.0 Å². The molecule has 1 aliphatic heterocycles. The van der Waals surface area contributed by atoms with E-state index in [4.69, 9.17) is 9.47 Å². The first-order chi connectivity index (χ1) is 10.3. The molecule has 6 nitrogen and oxygen atoms in total. The molecule has 7 heteroatoms. The Balaban J connectivity index is 1.68. The number of anilines is 1. The first-order valence-electron chi connectivity index (χ1n) is 6.66. The zero-order chi connectivity index (χ0) is 14.7. The van der Waals surface area contributed by atoms with Crippen LogP contribution in [0.4, 0.5) is 5.13 Å². The summed E-state index contributed by atoms with van der Waals surface area (Å²) >= 11 is 1.34. The van der Waals surface area contributed by atoms with E-state index in [9.17, 15) is 4.79 Å². The lowest BCUT2D eigenvalue weighted by Crippen LogP contribution is -2.26. The number of carbonyl (C=O) groups is 1. The van der Waals surface area contributed by atoms with Crippen LogP contribution in [0.5, 0.6) is 5.75 Å². The average molecular weight is 305 g/mol. The maximum absolute atomic E-state index is 11.9. The van der Waals surface area contributed by atoms with Gasteiger partial charge >= 0.3 is 0 Å². The molecule has 1 atom stereocenters. The third-order valence-electron chi connectivity index (χ3n) is 3.21. The molecule has 0 aliphatic carbocycles. The van der Waals surface area contributed by atoms with Crippen molar-refractivity contribution in [2.24, 2.45) is 0 Å². The molecule has 0 unspecified atom stereocenters. The van der Waals surface area contributed by atoms with Gasteiger partial charge in [-0.15, -0.1) is 10.2 Å². The molecule has 1 amide bonds. The summed E-state index contributed by atoms with van der Waals surface area (Å²) in [6.07, 6.45) is 1.32. The van der Waals surface area contributed by atoms with Crippen molar-refractivity contribution >= 4 is 22.4 Å². The number of benzene rings is 1. The molecule has 0 spiro atoms. The van der Waals surface area contributed by atoms with E-state index in [0.29, 0.717) is 11.7 Å². The molecule has 1 saturated heterocycles. The summed E-state index contributed by atoms with van der Waals surface area (Å²) in [5.41, 5.74) is 0.936. The van der Waals surface area contributed by atoms with Crippen molar-refractivity contribution < 1.29 is 14.3 Å². The fraction of sp³-hybridized carbons (Fsp3) is 0.357. The number of rotatable bonds is 4. The molecular weight excluding hydrogens is 290 g/mol. The van der Waals surface area contributed by atoms with Gasteiger partial charge in [0.25, 0.3) is 5.91 Å². The average Bonchev–Trinajstić information content (AvgIpc) is 3.19. The molecule has 1 fully saturated rings. The summed E-state index contributed by atoms with van der Waals surface area (Å²) in [6, 6.07) is 7.54. The van der Waals surface area contributed by atoms with Gasteiger partial charge in [0, 0.05) is 12.2 Å². The first-order valence-corrected chi connectivity index (χ1v) is 7.48. The maximum atomic E-state index is 11.9. The summed E-state index contributed by atoms with van der Waals surface area (Å²) < 4.78 is 10.5. The van der Waals surface area contributed by atoms with Crippen LogP contribution in [0.2, 0.25) is 0 Å². The third kappa shape index (κ3) is 3.20. The highest BCUT2D eigenvalue weighted by Crippen LogP contribution is 2.28. The fourth-order valence-corrected chi connectivity index (χ4v) is 2.85. The molecule has 1 aromatic heterocycles. The van der Waals surface area contributed by atoms with Crippen LogP contribution in [0, 0.1) is 0 Å². The molecule has 2 heterocycles. The topological polar surface area (TPSA) is 73.3 Å². The molecule has 2 aromatic rings. The van der Waals surface area contributed by atoms with Gasteiger partial charge in [-0.25, -0.2) is 0 Å². The van der Waals surface area contributed by atoms with E-state index in [1.165, 1.54) is 11.3 Å². The number of hydrogen-bond donors (Lipinski definition) is 1. The first kappa shape index (κ1) is 14.0. The molecular formula is C14H15N3O3S. The van der Waals surface area contributed by atoms with E-state index < -0.39 is 0 Å². The predicted molar refractivity (Wildman–Crippen MR) is 79.5 cm³/mol. The fourth-order valence-electron chi connectivity index (χ4n) is 2.09. The van der Waals surface area contributed by atoms with Gasteiger partial charge in [0.15, 0.2) is 0 Å². The van der Waals surface area contributed by atoms with Gasteiger partial charge in [0.05, 0.1) is 7.11 Å². The van der Waals surface area contributed by atoms with Crippen molar-refractivity contribution in [1.29, 1.82) is 0 Å². The molecule has 0 radical (unpaired) electrons. The standard InChI is InChI=1S/C14H15N3O3S/c1-19-10-6-4-9(5-7-10)13-16-17-14(21-13)15-12(18)11-3-2-8-20-11/h4-7,11H,2-3,8H2,1H3,(H,15,17,18)/t11-/m1/s1. The highest BCUT2D eigenvalue weighted by atomic mass is 32.1. The van der Waals surface area contributed by atoms with Crippen LogP contribution in [0.3, 0.4) is 0 Å². The van der Waals surface area contributed by atoms with E-state index in [2.05, 4.69) is 15.5 Å². The number of hydrogen-bond acceptors (Lipinski definition) is 6. The number of amides is 1. The summed E-state index contributed by atoms with van der Waals surface area (Å²) in [4.78, 5) is 11.9. The van der Waals surface area contributed by atoms with Crippen molar-refractivity contribution in [3.63, 3.8) is 0 Å². The lowest BCUT2D eigenvalue weighted by molar-refractivity contribution is -0.124. The maximum Gasteiger partial charge on any atom is 0.255 e. The second kappa shape index (κ2) is 6.19. The zero-order valence-electron chi connectivity index (χ0n) is 11.5. The molecule has 1 aliphatic rings. The third-order valence-corrected chi connectivity index (χ3v) is 4.10. The number of aromatic nitrogens is 2. The van der Waals surface area contributed by atoms with Gasteiger partial charge in [-0.3, -0.25) is 10.1 Å². The van der Waals surface area contributed by atoms with Crippen molar-refractivity contribution in [2.75, 3.05) is 19.0 Å². The summed E-state index contributed by atoms with van der Waals surface area (Å²) in [6.45, 7) is 0.644. The van der Waals surface area contributed by atoms with E-state index in [0.717, 1.165) is 29.2 Å². The summed E-state index contributed by atoms with van der Waals surface area (Å²) in [5.74, 6) is 0.639. The Kier molecular flexibility index (Phi) is 4.12. The molecule has 3 rings (SSSR count). The number of carbonyl (C=O) groups excluding carboxylic acids is 1. The largest absolute Gasteiger partial charge is 0.497 e. The normalized spacial score (nSPS) is 17.7. The Morgan fingerprint density at radius 1 is 1.38 bits per heavy atom. The van der Waals surface area contributed by atoms with Gasteiger partial charge < -0.3 is 9.47 Å². The highest BCUT2D eigenvalue weighted by molar-refractivity contribution is 7.18. The Labute approximate surface area is 126 Å². The smallest absolute Gasteiger partial charge is 0.255 e. The Morgan fingerprint density at radius 3 is 2.86 bits per heavy atom. The van der Waals surface area contributed by atoms with Crippen LogP contribution < -0.4 is 10.1 Å². The van der Waals surface area contributed by atoms with E-state index >= 15 is 0 Å². The molecule has 0 saturated carbocycles. The van der Waals surface area contributed by atoms with Crippen LogP contribution in [-0.2, 0) is 9.53 Å². The number of methoxy groups -OCH3 is 1. The van der Waals surface area contributed by atoms with Crippen molar-refractivity contribution in [3.8, 4) is 16.3 Å². The lowest BCUT2D eigenvalue weighted by Gasteiger charge is -2.07. The SMILES string of the molecule is COc1ccc(-c2nnc(NC(=O)[C@H]3CCCO3)s2)cc1. The van der Waals surface area contributed by atoms with Crippen LogP contribution >= 0.6 is 11.3 Å². The van der Waals surface area contributed by atoms with E-state index in [1.807, 2.05) is 24.3 Å². The Morgan fingerprint density at radius 2 is 2.19 bits per heavy atom. The Hall–Kier alpha value is -1.99. The van der Waals surface area contributed by atoms with E-state index in [1.54, 1.807) is 7.11 Å². The molecule has 1 N–H and O–H groups in total. The highest BCUT2D eigenvalue weighted by Gasteiger charge is 2.24. The van der Waals surface area contributed by atoms with Crippen molar-refractivity contribution in [3.05, 3.63) is 24.3 Å². The van der Waals surface area contributed by atoms with Crippen molar-refractivity contribution in [1.82, 2.24) is 10.2 Å². The van der Waals surface area contributed by atoms with Crippen LogP contribution in [0.15, 0.2) is 24.3 Å². The minimum Gasteiger partial charge on any atom is -0.497 e. The minimum atomic E-state index is -0.363. The zero-order valence-corrected chi connectivity index (χ0v) is 12.4. The van der Waals surface area contributed by atoms with Gasteiger partial charge in [0.1, 0.15) is 16.9 Å². The number of nitrogens with one attached hydrogen (secondary N) is 1. The van der Waals surface area contributed by atoms with Crippen molar-refractivity contribution in [2.45, 2.75) is 18.9 Å². The Bertz CT molecular complexity index is 621. The van der Waals surface area contributed by atoms with Crippen LogP contribution in [0.25, 0.3) is 10.6 Å². The van der Waals surface area contributed by atoms with Gasteiger partial charge in [-0.1, -0.05) is 11.3 Å². The summed E-state index contributed by atoms with van der Waals surface area (Å²) in [7, 11) is 1.62. The monoisotopic (exact) mass is 305 g/mol. The summed E-state index contributed by atoms with van der Waals surface area (Å²) in [5, 5.41) is 12.1. The second-order valence-electron chi connectivity index (χ2n) is 4.63. The van der Waals surface area contributed by atoms with Crippen LogP contribution in [-0.4, -0.2) is 35.9 Å². The predicted octanol–water partition coefficient (Wildman–Crippen LogP) is 2.33. The molecule has 21 heavy (non-hydrogen) atoms. The van der Waals surface area contributed by atoms with Gasteiger partial charge in [0.2, 0.25) is 5.13 Å². The number of ether oxygens (including phenoxy) is 2.